The molecular weight excluding hydrogens is 216 g/mol. The molecule has 0 radical (unpaired) electrons. The van der Waals surface area contributed by atoms with Crippen LogP contribution in [0.5, 0.6) is 0 Å². The lowest BCUT2D eigenvalue weighted by atomic mass is 10.1. The summed E-state index contributed by atoms with van der Waals surface area (Å²) in [6, 6.07) is 6.08. The number of ether oxygens (including phenoxy) is 1. The van der Waals surface area contributed by atoms with E-state index in [9.17, 15) is 0 Å². The zero-order chi connectivity index (χ0) is 8.97. The normalized spacial score (nSPS) is 10.6. The van der Waals surface area contributed by atoms with Gasteiger partial charge in [-0.3, -0.25) is 0 Å². The van der Waals surface area contributed by atoms with Crippen molar-refractivity contribution in [2.75, 3.05) is 7.11 Å². The van der Waals surface area contributed by atoms with E-state index in [0.717, 1.165) is 4.47 Å². The van der Waals surface area contributed by atoms with Gasteiger partial charge in [0.05, 0.1) is 13.4 Å². The third kappa shape index (κ3) is 2.11. The van der Waals surface area contributed by atoms with Crippen LogP contribution in [0.25, 0.3) is 6.08 Å². The van der Waals surface area contributed by atoms with E-state index in [1.807, 2.05) is 18.2 Å². The first-order valence-corrected chi connectivity index (χ1v) is 4.49. The molecule has 0 saturated carbocycles. The van der Waals surface area contributed by atoms with Gasteiger partial charge in [0, 0.05) is 4.47 Å². The van der Waals surface area contributed by atoms with Gasteiger partial charge in [0.15, 0.2) is 0 Å². The van der Waals surface area contributed by atoms with Gasteiger partial charge in [-0.05, 0) is 30.2 Å². The van der Waals surface area contributed by atoms with E-state index in [4.69, 9.17) is 4.74 Å². The third-order valence-electron chi connectivity index (χ3n) is 1.69. The Morgan fingerprint density at radius 2 is 2.17 bits per heavy atom. The summed E-state index contributed by atoms with van der Waals surface area (Å²) in [6.45, 7) is 2.07. The van der Waals surface area contributed by atoms with Crippen LogP contribution in [0.2, 0.25) is 0 Å². The number of methoxy groups -OCH3 is 1. The molecule has 2 heteroatoms. The summed E-state index contributed by atoms with van der Waals surface area (Å²) in [6.07, 6.45) is 3.62. The maximum atomic E-state index is 4.84. The quantitative estimate of drug-likeness (QED) is 0.703. The van der Waals surface area contributed by atoms with Crippen LogP contribution >= 0.6 is 15.9 Å². The van der Waals surface area contributed by atoms with Crippen molar-refractivity contribution in [3.05, 3.63) is 40.1 Å². The number of hydrogen-bond acceptors (Lipinski definition) is 1. The average molecular weight is 227 g/mol. The van der Waals surface area contributed by atoms with Gasteiger partial charge >= 0.3 is 0 Å². The summed E-state index contributed by atoms with van der Waals surface area (Å²) in [5.41, 5.74) is 2.40. The highest BCUT2D eigenvalue weighted by molar-refractivity contribution is 9.10. The second kappa shape index (κ2) is 4.31. The molecule has 0 aromatic heterocycles. The Morgan fingerprint density at radius 3 is 2.83 bits per heavy atom. The monoisotopic (exact) mass is 226 g/mol. The molecular formula is C10H11BrO. The predicted molar refractivity (Wildman–Crippen MR) is 54.9 cm³/mol. The van der Waals surface area contributed by atoms with Gasteiger partial charge in [-0.25, -0.2) is 0 Å². The van der Waals surface area contributed by atoms with Crippen LogP contribution in [0.1, 0.15) is 11.1 Å². The first-order valence-electron chi connectivity index (χ1n) is 3.70. The van der Waals surface area contributed by atoms with Crippen molar-refractivity contribution in [1.82, 2.24) is 0 Å². The number of rotatable bonds is 2. The molecule has 1 aromatic carbocycles. The van der Waals surface area contributed by atoms with Crippen molar-refractivity contribution in [2.24, 2.45) is 0 Å². The molecule has 1 rings (SSSR count). The number of halogens is 1. The van der Waals surface area contributed by atoms with Crippen LogP contribution in [0.3, 0.4) is 0 Å². The molecule has 0 aliphatic heterocycles. The van der Waals surface area contributed by atoms with E-state index in [1.54, 1.807) is 13.4 Å². The molecule has 0 N–H and O–H groups in total. The summed E-state index contributed by atoms with van der Waals surface area (Å²) in [4.78, 5) is 0. The fraction of sp³-hybridized carbons (Fsp3) is 0.200. The molecule has 12 heavy (non-hydrogen) atoms. The van der Waals surface area contributed by atoms with Gasteiger partial charge < -0.3 is 4.74 Å². The molecule has 0 fully saturated rings. The number of benzene rings is 1. The smallest absolute Gasteiger partial charge is 0.0830 e. The second-order valence-electron chi connectivity index (χ2n) is 2.49. The van der Waals surface area contributed by atoms with Crippen molar-refractivity contribution < 1.29 is 4.74 Å². The Labute approximate surface area is 81.2 Å². The SMILES string of the molecule is CO/C=C/c1cccc(Br)c1C. The Hall–Kier alpha value is -0.760. The van der Waals surface area contributed by atoms with Crippen molar-refractivity contribution in [3.8, 4) is 0 Å². The first-order chi connectivity index (χ1) is 5.75. The highest BCUT2D eigenvalue weighted by atomic mass is 79.9. The molecule has 0 amide bonds. The Bertz CT molecular complexity index is 292. The standard InChI is InChI=1S/C10H11BrO/c1-8-9(6-7-12-2)4-3-5-10(8)11/h3-7H,1-2H3/b7-6+. The minimum atomic E-state index is 1.13. The molecule has 0 spiro atoms. The van der Waals surface area contributed by atoms with Crippen LogP contribution in [-0.2, 0) is 4.74 Å². The Balaban J connectivity index is 3.00. The van der Waals surface area contributed by atoms with Gasteiger partial charge in [0.2, 0.25) is 0 Å². The van der Waals surface area contributed by atoms with Crippen LogP contribution in [0, 0.1) is 6.92 Å². The molecule has 0 aliphatic rings. The molecule has 0 heterocycles. The molecule has 0 atom stereocenters. The summed E-state index contributed by atoms with van der Waals surface area (Å²) in [7, 11) is 1.64. The van der Waals surface area contributed by atoms with E-state index < -0.39 is 0 Å². The summed E-state index contributed by atoms with van der Waals surface area (Å²) < 4.78 is 5.97. The van der Waals surface area contributed by atoms with Gasteiger partial charge in [-0.2, -0.15) is 0 Å². The lowest BCUT2D eigenvalue weighted by molar-refractivity contribution is 0.341. The molecule has 64 valence electrons. The molecule has 1 nitrogen and oxygen atoms in total. The zero-order valence-corrected chi connectivity index (χ0v) is 8.76. The van der Waals surface area contributed by atoms with Crippen LogP contribution < -0.4 is 0 Å². The van der Waals surface area contributed by atoms with Gasteiger partial charge in [0.25, 0.3) is 0 Å². The maximum absolute atomic E-state index is 4.84. The highest BCUT2D eigenvalue weighted by Crippen LogP contribution is 2.20. The lowest BCUT2D eigenvalue weighted by Gasteiger charge is -2.01. The fourth-order valence-electron chi connectivity index (χ4n) is 0.946. The van der Waals surface area contributed by atoms with Crippen molar-refractivity contribution in [1.29, 1.82) is 0 Å². The minimum absolute atomic E-state index is 1.13. The zero-order valence-electron chi connectivity index (χ0n) is 7.17. The van der Waals surface area contributed by atoms with E-state index in [0.29, 0.717) is 0 Å². The predicted octanol–water partition coefficient (Wildman–Crippen LogP) is 3.37. The Morgan fingerprint density at radius 1 is 1.42 bits per heavy atom. The van der Waals surface area contributed by atoms with E-state index in [2.05, 4.69) is 28.9 Å². The topological polar surface area (TPSA) is 9.23 Å². The van der Waals surface area contributed by atoms with Gasteiger partial charge in [-0.15, -0.1) is 0 Å². The van der Waals surface area contributed by atoms with Crippen molar-refractivity contribution in [2.45, 2.75) is 6.92 Å². The highest BCUT2D eigenvalue weighted by Gasteiger charge is 1.96. The lowest BCUT2D eigenvalue weighted by Crippen LogP contribution is -1.81. The van der Waals surface area contributed by atoms with E-state index in [-0.39, 0.29) is 0 Å². The molecule has 0 bridgehead atoms. The first kappa shape index (κ1) is 9.33. The fourth-order valence-corrected chi connectivity index (χ4v) is 1.33. The van der Waals surface area contributed by atoms with E-state index >= 15 is 0 Å². The average Bonchev–Trinajstić information content (AvgIpc) is 2.08. The van der Waals surface area contributed by atoms with Crippen molar-refractivity contribution in [3.63, 3.8) is 0 Å². The molecule has 0 unspecified atom stereocenters. The van der Waals surface area contributed by atoms with Crippen molar-refractivity contribution >= 4 is 22.0 Å². The van der Waals surface area contributed by atoms with Crippen LogP contribution in [0.4, 0.5) is 0 Å². The summed E-state index contributed by atoms with van der Waals surface area (Å²) in [5.74, 6) is 0. The van der Waals surface area contributed by atoms with Gasteiger partial charge in [0.1, 0.15) is 0 Å². The minimum Gasteiger partial charge on any atom is -0.504 e. The van der Waals surface area contributed by atoms with Crippen LogP contribution in [-0.4, -0.2) is 7.11 Å². The number of hydrogen-bond donors (Lipinski definition) is 0. The Kier molecular flexibility index (Phi) is 3.35. The molecule has 0 saturated heterocycles. The van der Waals surface area contributed by atoms with Crippen LogP contribution in [0.15, 0.2) is 28.9 Å². The second-order valence-corrected chi connectivity index (χ2v) is 3.35. The largest absolute Gasteiger partial charge is 0.504 e. The van der Waals surface area contributed by atoms with Gasteiger partial charge in [-0.1, -0.05) is 28.1 Å². The summed E-state index contributed by atoms with van der Waals surface area (Å²) >= 11 is 3.46. The summed E-state index contributed by atoms with van der Waals surface area (Å²) in [5, 5.41) is 0. The molecule has 1 aromatic rings. The van der Waals surface area contributed by atoms with E-state index in [1.165, 1.54) is 11.1 Å². The molecule has 0 aliphatic carbocycles. The third-order valence-corrected chi connectivity index (χ3v) is 2.55. The maximum Gasteiger partial charge on any atom is 0.0830 e.